The summed E-state index contributed by atoms with van der Waals surface area (Å²) < 4.78 is 0. The lowest BCUT2D eigenvalue weighted by Crippen LogP contribution is -2.42. The van der Waals surface area contributed by atoms with Gasteiger partial charge < -0.3 is 5.32 Å². The van der Waals surface area contributed by atoms with Crippen molar-refractivity contribution < 1.29 is 0 Å². The molecule has 0 amide bonds. The van der Waals surface area contributed by atoms with E-state index in [2.05, 4.69) is 99.0 Å². The Bertz CT molecular complexity index is 1110. The molecule has 1 heterocycles. The van der Waals surface area contributed by atoms with Gasteiger partial charge in [0.1, 0.15) is 0 Å². The first-order chi connectivity index (χ1) is 14.2. The van der Waals surface area contributed by atoms with Gasteiger partial charge in [-0.25, -0.2) is 4.98 Å². The summed E-state index contributed by atoms with van der Waals surface area (Å²) in [4.78, 5) is 5.12. The van der Waals surface area contributed by atoms with Crippen LogP contribution in [0.15, 0.2) is 72.8 Å². The highest BCUT2D eigenvalue weighted by atomic mass is 127. The summed E-state index contributed by atoms with van der Waals surface area (Å²) in [5.74, 6) is 0. The molecule has 0 aliphatic carbocycles. The van der Waals surface area contributed by atoms with E-state index in [4.69, 9.17) is 4.98 Å². The van der Waals surface area contributed by atoms with Crippen molar-refractivity contribution in [2.75, 3.05) is 7.05 Å². The van der Waals surface area contributed by atoms with Crippen molar-refractivity contribution in [3.8, 4) is 11.3 Å². The molecule has 1 aromatic heterocycles. The summed E-state index contributed by atoms with van der Waals surface area (Å²) in [6.45, 7) is 4.56. The molecule has 0 radical (unpaired) electrons. The lowest BCUT2D eigenvalue weighted by molar-refractivity contribution is 0.302. The summed E-state index contributed by atoms with van der Waals surface area (Å²) in [5, 5.41) is 7.28. The maximum Gasteiger partial charge on any atom is 0.0788 e. The molecule has 0 saturated carbocycles. The van der Waals surface area contributed by atoms with Crippen molar-refractivity contribution in [3.63, 3.8) is 0 Å². The van der Waals surface area contributed by atoms with Gasteiger partial charge in [-0.3, -0.25) is 0 Å². The van der Waals surface area contributed by atoms with Gasteiger partial charge in [0.2, 0.25) is 0 Å². The molecular formula is C27H32I2N2. The molecule has 0 unspecified atom stereocenters. The molecule has 4 rings (SSSR count). The fraction of sp³-hybridized carbons (Fsp3) is 0.296. The molecule has 1 N–H and O–H groups in total. The minimum absolute atomic E-state index is 0. The number of halogens is 2. The van der Waals surface area contributed by atoms with Gasteiger partial charge in [-0.15, -0.1) is 48.0 Å². The Balaban J connectivity index is 0.00000171. The van der Waals surface area contributed by atoms with Crippen LogP contribution >= 0.6 is 48.0 Å². The normalized spacial score (nSPS) is 11.2. The van der Waals surface area contributed by atoms with Crippen molar-refractivity contribution in [2.45, 2.75) is 45.1 Å². The number of hydrogen-bond acceptors (Lipinski definition) is 2. The zero-order chi connectivity index (χ0) is 20.3. The minimum Gasteiger partial charge on any atom is -0.314 e. The van der Waals surface area contributed by atoms with E-state index < -0.39 is 0 Å². The SMILES string of the molecule is CCC(CC)(CCc1ccc2c(c1)nc(-c1ccccc1)c1ccccc12)NC.I.I. The summed E-state index contributed by atoms with van der Waals surface area (Å²) >= 11 is 0. The second-order valence-corrected chi connectivity index (χ2v) is 7.96. The van der Waals surface area contributed by atoms with Crippen molar-refractivity contribution in [2.24, 2.45) is 0 Å². The third-order valence-electron chi connectivity index (χ3n) is 6.59. The Kier molecular flexibility index (Phi) is 9.70. The molecule has 4 aromatic rings. The van der Waals surface area contributed by atoms with E-state index >= 15 is 0 Å². The summed E-state index contributed by atoms with van der Waals surface area (Å²) in [6.07, 6.45) is 4.50. The molecule has 0 aliphatic heterocycles. The van der Waals surface area contributed by atoms with Crippen molar-refractivity contribution in [1.82, 2.24) is 10.3 Å². The summed E-state index contributed by atoms with van der Waals surface area (Å²) in [6, 6.07) is 26.0. The van der Waals surface area contributed by atoms with Crippen LogP contribution in [0.2, 0.25) is 0 Å². The zero-order valence-corrected chi connectivity index (χ0v) is 23.2. The number of benzene rings is 3. The predicted octanol–water partition coefficient (Wildman–Crippen LogP) is 8.00. The lowest BCUT2D eigenvalue weighted by atomic mass is 9.86. The molecule has 31 heavy (non-hydrogen) atoms. The van der Waals surface area contributed by atoms with Crippen molar-refractivity contribution >= 4 is 69.6 Å². The summed E-state index contributed by atoms with van der Waals surface area (Å²) in [5.41, 5.74) is 4.91. The quantitative estimate of drug-likeness (QED) is 0.164. The van der Waals surface area contributed by atoms with E-state index in [1.807, 2.05) is 0 Å². The maximum atomic E-state index is 5.12. The maximum absolute atomic E-state index is 5.12. The largest absolute Gasteiger partial charge is 0.314 e. The van der Waals surface area contributed by atoms with E-state index in [9.17, 15) is 0 Å². The van der Waals surface area contributed by atoms with Crippen LogP contribution in [0.3, 0.4) is 0 Å². The highest BCUT2D eigenvalue weighted by Gasteiger charge is 2.23. The third kappa shape index (κ3) is 5.40. The van der Waals surface area contributed by atoms with Crippen LogP contribution in [0.4, 0.5) is 0 Å². The average molecular weight is 638 g/mol. The zero-order valence-electron chi connectivity index (χ0n) is 18.5. The third-order valence-corrected chi connectivity index (χ3v) is 6.59. The number of nitrogens with zero attached hydrogens (tertiary/aromatic N) is 1. The van der Waals surface area contributed by atoms with Crippen molar-refractivity contribution in [3.05, 3.63) is 78.4 Å². The van der Waals surface area contributed by atoms with Gasteiger partial charge in [0, 0.05) is 21.9 Å². The van der Waals surface area contributed by atoms with E-state index in [1.165, 1.54) is 27.3 Å². The Morgan fingerprint density at radius 2 is 1.42 bits per heavy atom. The molecular weight excluding hydrogens is 606 g/mol. The van der Waals surface area contributed by atoms with Gasteiger partial charge in [-0.2, -0.15) is 0 Å². The molecule has 0 atom stereocenters. The van der Waals surface area contributed by atoms with Crippen LogP contribution in [0.5, 0.6) is 0 Å². The van der Waals surface area contributed by atoms with E-state index in [1.54, 1.807) is 0 Å². The second kappa shape index (κ2) is 11.6. The first kappa shape index (κ1) is 26.0. The van der Waals surface area contributed by atoms with Crippen LogP contribution in [-0.4, -0.2) is 17.6 Å². The van der Waals surface area contributed by atoms with Crippen molar-refractivity contribution in [1.29, 1.82) is 0 Å². The molecule has 0 aliphatic rings. The first-order valence-corrected chi connectivity index (χ1v) is 10.8. The van der Waals surface area contributed by atoms with Gasteiger partial charge in [-0.05, 0) is 49.7 Å². The predicted molar refractivity (Wildman–Crippen MR) is 156 cm³/mol. The molecule has 0 fully saturated rings. The number of aryl methyl sites for hydroxylation is 1. The molecule has 3 aromatic carbocycles. The second-order valence-electron chi connectivity index (χ2n) is 7.96. The molecule has 0 spiro atoms. The smallest absolute Gasteiger partial charge is 0.0788 e. The molecule has 2 nitrogen and oxygen atoms in total. The lowest BCUT2D eigenvalue weighted by Gasteiger charge is -2.31. The van der Waals surface area contributed by atoms with Gasteiger partial charge in [0.05, 0.1) is 11.2 Å². The van der Waals surface area contributed by atoms with Gasteiger partial charge in [0.25, 0.3) is 0 Å². The van der Waals surface area contributed by atoms with E-state index in [-0.39, 0.29) is 53.5 Å². The number of aromatic nitrogens is 1. The van der Waals surface area contributed by atoms with Crippen LogP contribution in [-0.2, 0) is 6.42 Å². The van der Waals surface area contributed by atoms with Crippen LogP contribution in [0, 0.1) is 0 Å². The summed E-state index contributed by atoms with van der Waals surface area (Å²) in [7, 11) is 2.09. The number of rotatable bonds is 7. The monoisotopic (exact) mass is 638 g/mol. The highest BCUT2D eigenvalue weighted by Crippen LogP contribution is 2.33. The fourth-order valence-electron chi connectivity index (χ4n) is 4.44. The molecule has 0 saturated heterocycles. The minimum atomic E-state index is 0. The van der Waals surface area contributed by atoms with Crippen LogP contribution in [0.25, 0.3) is 32.9 Å². The number of hydrogen-bond donors (Lipinski definition) is 1. The first-order valence-electron chi connectivity index (χ1n) is 10.8. The molecule has 4 heteroatoms. The molecule has 0 bridgehead atoms. The Labute approximate surface area is 220 Å². The van der Waals surface area contributed by atoms with Gasteiger partial charge in [0.15, 0.2) is 0 Å². The number of pyridine rings is 1. The van der Waals surface area contributed by atoms with Gasteiger partial charge in [-0.1, -0.05) is 80.6 Å². The van der Waals surface area contributed by atoms with Gasteiger partial charge >= 0.3 is 0 Å². The fourth-order valence-corrected chi connectivity index (χ4v) is 4.44. The standard InChI is InChI=1S/C27H30N2.2HI/c1-4-27(5-2,28-3)18-17-20-15-16-23-22-13-9-10-14-24(22)26(29-25(23)19-20)21-11-7-6-8-12-21;;/h6-16,19,28H,4-5,17-18H2,1-3H3;2*1H. The number of fused-ring (bicyclic) bond motifs is 3. The topological polar surface area (TPSA) is 24.9 Å². The van der Waals surface area contributed by atoms with E-state index in [0.717, 1.165) is 36.9 Å². The Morgan fingerprint density at radius 3 is 2.06 bits per heavy atom. The number of nitrogens with one attached hydrogen (secondary N) is 1. The van der Waals surface area contributed by atoms with Crippen LogP contribution < -0.4 is 5.32 Å². The Morgan fingerprint density at radius 1 is 0.774 bits per heavy atom. The molecule has 164 valence electrons. The highest BCUT2D eigenvalue weighted by molar-refractivity contribution is 14.0. The Hall–Kier alpha value is -1.25. The average Bonchev–Trinajstić information content (AvgIpc) is 2.80. The van der Waals surface area contributed by atoms with Crippen LogP contribution in [0.1, 0.15) is 38.7 Å². The van der Waals surface area contributed by atoms with E-state index in [0.29, 0.717) is 0 Å².